The van der Waals surface area contributed by atoms with Crippen molar-refractivity contribution in [3.63, 3.8) is 0 Å². The van der Waals surface area contributed by atoms with E-state index in [9.17, 15) is 4.79 Å². The van der Waals surface area contributed by atoms with Crippen molar-refractivity contribution in [2.45, 2.75) is 51.5 Å². The van der Waals surface area contributed by atoms with E-state index in [-0.39, 0.29) is 5.56 Å². The first-order valence-corrected chi connectivity index (χ1v) is 10.2. The molecule has 0 saturated heterocycles. The molecule has 1 aliphatic heterocycles. The fraction of sp³-hybridized carbons (Fsp3) is 0.600. The van der Waals surface area contributed by atoms with Gasteiger partial charge in [0.25, 0.3) is 5.56 Å². The maximum absolute atomic E-state index is 12.7. The zero-order chi connectivity index (χ0) is 20.5. The van der Waals surface area contributed by atoms with Crippen LogP contribution in [0.1, 0.15) is 59.5 Å². The van der Waals surface area contributed by atoms with Gasteiger partial charge in [-0.15, -0.1) is 0 Å². The van der Waals surface area contributed by atoms with Gasteiger partial charge in [0.15, 0.2) is 0 Å². The number of amidine groups is 1. The third-order valence-electron chi connectivity index (χ3n) is 5.69. The molecule has 1 fully saturated rings. The Labute approximate surface area is 170 Å². The number of aryl methyl sites for hydroxylation is 2. The molecule has 1 aliphatic carbocycles. The SMILES string of the molecule is CNn1c(C)nc(CCCOC)c1C(=N)N1CCc2nc(C3CC3)[nH]c(=O)c2C1. The van der Waals surface area contributed by atoms with Crippen molar-refractivity contribution >= 4 is 5.84 Å². The van der Waals surface area contributed by atoms with Gasteiger partial charge in [0.1, 0.15) is 23.2 Å². The molecule has 4 rings (SSSR count). The Hall–Kier alpha value is -2.68. The Balaban J connectivity index is 1.60. The quantitative estimate of drug-likeness (QED) is 0.367. The Bertz CT molecular complexity index is 974. The minimum absolute atomic E-state index is 0.0620. The second kappa shape index (κ2) is 7.98. The van der Waals surface area contributed by atoms with Crippen molar-refractivity contribution in [1.29, 1.82) is 5.41 Å². The Morgan fingerprint density at radius 2 is 2.17 bits per heavy atom. The minimum Gasteiger partial charge on any atom is -0.385 e. The molecule has 0 spiro atoms. The fourth-order valence-corrected chi connectivity index (χ4v) is 4.00. The molecule has 9 heteroatoms. The number of aromatic amines is 1. The van der Waals surface area contributed by atoms with Crippen molar-refractivity contribution in [1.82, 2.24) is 24.5 Å². The molecule has 3 heterocycles. The van der Waals surface area contributed by atoms with Crippen molar-refractivity contribution in [2.75, 3.05) is 32.7 Å². The molecular weight excluding hydrogens is 370 g/mol. The summed E-state index contributed by atoms with van der Waals surface area (Å²) in [6, 6.07) is 0. The third kappa shape index (κ3) is 3.78. The van der Waals surface area contributed by atoms with Gasteiger partial charge in [-0.05, 0) is 32.6 Å². The lowest BCUT2D eigenvalue weighted by Crippen LogP contribution is -2.41. The van der Waals surface area contributed by atoms with Crippen LogP contribution < -0.4 is 11.0 Å². The van der Waals surface area contributed by atoms with E-state index in [2.05, 4.69) is 15.4 Å². The van der Waals surface area contributed by atoms with Gasteiger partial charge in [0.05, 0.1) is 23.5 Å². The van der Waals surface area contributed by atoms with Gasteiger partial charge in [-0.1, -0.05) is 0 Å². The molecule has 0 radical (unpaired) electrons. The van der Waals surface area contributed by atoms with Crippen LogP contribution in [0, 0.1) is 12.3 Å². The van der Waals surface area contributed by atoms with Crippen molar-refractivity contribution in [3.8, 4) is 0 Å². The number of hydrogen-bond donors (Lipinski definition) is 3. The van der Waals surface area contributed by atoms with Crippen LogP contribution in [0.25, 0.3) is 0 Å². The molecule has 3 N–H and O–H groups in total. The van der Waals surface area contributed by atoms with Crippen LogP contribution in [0.3, 0.4) is 0 Å². The highest BCUT2D eigenvalue weighted by atomic mass is 16.5. The first-order chi connectivity index (χ1) is 14.0. The number of imidazole rings is 1. The molecule has 0 atom stereocenters. The van der Waals surface area contributed by atoms with Crippen molar-refractivity contribution < 1.29 is 4.74 Å². The largest absolute Gasteiger partial charge is 0.385 e. The number of methoxy groups -OCH3 is 1. The lowest BCUT2D eigenvalue weighted by molar-refractivity contribution is 0.195. The minimum atomic E-state index is -0.0620. The van der Waals surface area contributed by atoms with Gasteiger partial charge in [0.2, 0.25) is 0 Å². The average Bonchev–Trinajstić information content (AvgIpc) is 3.51. The Morgan fingerprint density at radius 3 is 2.86 bits per heavy atom. The Morgan fingerprint density at radius 1 is 1.38 bits per heavy atom. The van der Waals surface area contributed by atoms with E-state index in [1.807, 2.05) is 23.5 Å². The lowest BCUT2D eigenvalue weighted by atomic mass is 10.1. The standard InChI is InChI=1S/C20H29N7O2/c1-12-23-16(5-4-10-29-3)17(27(12)22-2)18(21)26-9-8-15-14(11-26)20(28)25-19(24-15)13-6-7-13/h13,21-22H,4-11H2,1-3H3,(H,24,25,28). The normalized spacial score (nSPS) is 16.0. The highest BCUT2D eigenvalue weighted by molar-refractivity contribution is 5.96. The molecule has 2 aliphatic rings. The zero-order valence-electron chi connectivity index (χ0n) is 17.3. The number of nitrogens with zero attached hydrogens (tertiary/aromatic N) is 4. The predicted octanol–water partition coefficient (Wildman–Crippen LogP) is 1.29. The van der Waals surface area contributed by atoms with E-state index in [1.165, 1.54) is 0 Å². The van der Waals surface area contributed by atoms with Gasteiger partial charge >= 0.3 is 0 Å². The molecule has 0 amide bonds. The molecule has 156 valence electrons. The predicted molar refractivity (Wildman–Crippen MR) is 110 cm³/mol. The van der Waals surface area contributed by atoms with Crippen LogP contribution in [-0.2, 0) is 24.1 Å². The Kier molecular flexibility index (Phi) is 5.40. The number of aromatic nitrogens is 4. The monoisotopic (exact) mass is 399 g/mol. The van der Waals surface area contributed by atoms with Gasteiger partial charge in [0, 0.05) is 39.6 Å². The molecule has 1 saturated carbocycles. The summed E-state index contributed by atoms with van der Waals surface area (Å²) >= 11 is 0. The first kappa shape index (κ1) is 19.6. The van der Waals surface area contributed by atoms with Gasteiger partial charge in [-0.2, -0.15) is 0 Å². The van der Waals surface area contributed by atoms with E-state index in [0.717, 1.165) is 54.4 Å². The summed E-state index contributed by atoms with van der Waals surface area (Å²) in [5.41, 5.74) is 6.26. The third-order valence-corrected chi connectivity index (χ3v) is 5.69. The van der Waals surface area contributed by atoms with Crippen LogP contribution in [0.5, 0.6) is 0 Å². The highest BCUT2D eigenvalue weighted by Crippen LogP contribution is 2.37. The number of nitrogens with one attached hydrogen (secondary N) is 3. The number of fused-ring (bicyclic) bond motifs is 1. The average molecular weight is 399 g/mol. The zero-order valence-corrected chi connectivity index (χ0v) is 17.3. The number of hydrogen-bond acceptors (Lipinski definition) is 6. The molecule has 9 nitrogen and oxygen atoms in total. The summed E-state index contributed by atoms with van der Waals surface area (Å²) < 4.78 is 7.01. The van der Waals surface area contributed by atoms with Crippen LogP contribution in [0.15, 0.2) is 4.79 Å². The smallest absolute Gasteiger partial charge is 0.256 e. The molecule has 0 unspecified atom stereocenters. The lowest BCUT2D eigenvalue weighted by Gasteiger charge is -2.30. The highest BCUT2D eigenvalue weighted by Gasteiger charge is 2.31. The van der Waals surface area contributed by atoms with Crippen molar-refractivity contribution in [2.24, 2.45) is 0 Å². The van der Waals surface area contributed by atoms with Gasteiger partial charge < -0.3 is 20.0 Å². The number of H-pyrrole nitrogens is 1. The maximum atomic E-state index is 12.7. The van der Waals surface area contributed by atoms with Crippen LogP contribution in [-0.4, -0.2) is 57.7 Å². The second-order valence-corrected chi connectivity index (χ2v) is 7.78. The molecule has 2 aromatic heterocycles. The molecular formula is C20H29N7O2. The van der Waals surface area contributed by atoms with Crippen LogP contribution in [0.4, 0.5) is 0 Å². The van der Waals surface area contributed by atoms with E-state index in [1.54, 1.807) is 7.11 Å². The summed E-state index contributed by atoms with van der Waals surface area (Å²) in [5, 5.41) is 8.90. The van der Waals surface area contributed by atoms with E-state index < -0.39 is 0 Å². The van der Waals surface area contributed by atoms with Gasteiger partial charge in [-0.3, -0.25) is 10.2 Å². The summed E-state index contributed by atoms with van der Waals surface area (Å²) in [5.74, 6) is 2.45. The summed E-state index contributed by atoms with van der Waals surface area (Å²) in [6.45, 7) is 3.64. The van der Waals surface area contributed by atoms with Crippen LogP contribution >= 0.6 is 0 Å². The molecule has 0 aromatic carbocycles. The topological polar surface area (TPSA) is 112 Å². The number of rotatable bonds is 7. The fourth-order valence-electron chi connectivity index (χ4n) is 4.00. The first-order valence-electron chi connectivity index (χ1n) is 10.2. The summed E-state index contributed by atoms with van der Waals surface area (Å²) in [6.07, 6.45) is 4.47. The van der Waals surface area contributed by atoms with E-state index in [0.29, 0.717) is 43.4 Å². The van der Waals surface area contributed by atoms with Crippen molar-refractivity contribution in [3.05, 3.63) is 44.6 Å². The second-order valence-electron chi connectivity index (χ2n) is 7.78. The van der Waals surface area contributed by atoms with Crippen LogP contribution in [0.2, 0.25) is 0 Å². The summed E-state index contributed by atoms with van der Waals surface area (Å²) in [4.78, 5) is 26.9. The van der Waals surface area contributed by atoms with E-state index >= 15 is 0 Å². The number of ether oxygens (including phenoxy) is 1. The molecule has 0 bridgehead atoms. The van der Waals surface area contributed by atoms with Gasteiger partial charge in [-0.25, -0.2) is 14.6 Å². The van der Waals surface area contributed by atoms with E-state index in [4.69, 9.17) is 15.1 Å². The molecule has 2 aromatic rings. The summed E-state index contributed by atoms with van der Waals surface area (Å²) in [7, 11) is 3.51. The molecule has 29 heavy (non-hydrogen) atoms. The maximum Gasteiger partial charge on any atom is 0.256 e.